The number of nitrogens with zero attached hydrogens (tertiary/aromatic N) is 3. The molecule has 70 valence electrons. The number of nitrogens with one attached hydrogen (secondary N) is 2. The molecule has 1 aromatic heterocycles. The van der Waals surface area contributed by atoms with Gasteiger partial charge in [-0.15, -0.1) is 10.2 Å². The van der Waals surface area contributed by atoms with Gasteiger partial charge in [-0.3, -0.25) is 9.59 Å². The second kappa shape index (κ2) is 4.14. The summed E-state index contributed by atoms with van der Waals surface area (Å²) < 4.78 is 0. The number of aromatic amines is 1. The van der Waals surface area contributed by atoms with Crippen LogP contribution in [0.1, 0.15) is 17.0 Å². The number of carbonyl (C=O) groups is 2. The van der Waals surface area contributed by atoms with E-state index >= 15 is 0 Å². The molecule has 8 nitrogen and oxygen atoms in total. The maximum Gasteiger partial charge on any atom is 0.292 e. The standard InChI is InChI=1S/C5H8N6O2/c6-3(12)1-2-7-5(13)4-8-10-11-9-4/h1-2H2,(H2,6,12)(H,7,13)(H,8,9,10,11). The summed E-state index contributed by atoms with van der Waals surface area (Å²) in [6.07, 6.45) is 0.0869. The predicted octanol–water partition coefficient (Wildman–Crippen LogP) is -2.20. The number of hydrogen-bond donors (Lipinski definition) is 3. The highest BCUT2D eigenvalue weighted by molar-refractivity contribution is 5.90. The van der Waals surface area contributed by atoms with Crippen molar-refractivity contribution in [3.8, 4) is 0 Å². The third-order valence-electron chi connectivity index (χ3n) is 1.21. The van der Waals surface area contributed by atoms with Gasteiger partial charge < -0.3 is 11.1 Å². The van der Waals surface area contributed by atoms with Crippen LogP contribution in [-0.2, 0) is 4.79 Å². The Labute approximate surface area is 72.9 Å². The highest BCUT2D eigenvalue weighted by atomic mass is 16.2. The third kappa shape index (κ3) is 2.85. The Morgan fingerprint density at radius 2 is 2.31 bits per heavy atom. The lowest BCUT2D eigenvalue weighted by Gasteiger charge is -1.97. The van der Waals surface area contributed by atoms with Gasteiger partial charge >= 0.3 is 0 Å². The molecule has 0 bridgehead atoms. The van der Waals surface area contributed by atoms with Crippen LogP contribution in [0.2, 0.25) is 0 Å². The van der Waals surface area contributed by atoms with E-state index in [1.807, 2.05) is 0 Å². The van der Waals surface area contributed by atoms with Crippen LogP contribution in [-0.4, -0.2) is 39.0 Å². The van der Waals surface area contributed by atoms with Gasteiger partial charge in [-0.25, -0.2) is 0 Å². The van der Waals surface area contributed by atoms with Crippen molar-refractivity contribution in [1.29, 1.82) is 0 Å². The Balaban J connectivity index is 2.31. The molecule has 1 rings (SSSR count). The van der Waals surface area contributed by atoms with Gasteiger partial charge in [0, 0.05) is 13.0 Å². The average Bonchev–Trinajstić information content (AvgIpc) is 2.55. The number of carbonyl (C=O) groups excluding carboxylic acids is 2. The fourth-order valence-corrected chi connectivity index (χ4v) is 0.636. The van der Waals surface area contributed by atoms with Crippen LogP contribution >= 0.6 is 0 Å². The summed E-state index contributed by atoms with van der Waals surface area (Å²) in [6, 6.07) is 0. The lowest BCUT2D eigenvalue weighted by atomic mass is 10.4. The number of tetrazole rings is 1. The van der Waals surface area contributed by atoms with Gasteiger partial charge in [-0.1, -0.05) is 0 Å². The first-order valence-electron chi connectivity index (χ1n) is 3.50. The minimum absolute atomic E-state index is 0.0653. The molecule has 0 aliphatic rings. The molecule has 2 amide bonds. The van der Waals surface area contributed by atoms with Gasteiger partial charge in [-0.05, 0) is 5.21 Å². The van der Waals surface area contributed by atoms with Gasteiger partial charge in [0.05, 0.1) is 0 Å². The Morgan fingerprint density at radius 3 is 2.85 bits per heavy atom. The van der Waals surface area contributed by atoms with Crippen LogP contribution in [0.4, 0.5) is 0 Å². The van der Waals surface area contributed by atoms with Gasteiger partial charge in [-0.2, -0.15) is 5.21 Å². The summed E-state index contributed by atoms with van der Waals surface area (Å²) >= 11 is 0. The molecule has 0 aliphatic heterocycles. The number of rotatable bonds is 4. The van der Waals surface area contributed by atoms with Crippen LogP contribution in [0.3, 0.4) is 0 Å². The van der Waals surface area contributed by atoms with E-state index in [4.69, 9.17) is 5.73 Å². The van der Waals surface area contributed by atoms with Crippen LogP contribution in [0.5, 0.6) is 0 Å². The van der Waals surface area contributed by atoms with E-state index in [9.17, 15) is 9.59 Å². The molecule has 0 radical (unpaired) electrons. The summed E-state index contributed by atoms with van der Waals surface area (Å²) in [5, 5.41) is 14.6. The number of hydrogen-bond acceptors (Lipinski definition) is 5. The monoisotopic (exact) mass is 184 g/mol. The molecule has 0 aromatic carbocycles. The highest BCUT2D eigenvalue weighted by Crippen LogP contribution is 1.82. The number of primary amides is 1. The summed E-state index contributed by atoms with van der Waals surface area (Å²) in [5.41, 5.74) is 4.86. The quantitative estimate of drug-likeness (QED) is 0.489. The maximum absolute atomic E-state index is 11.0. The number of nitrogens with two attached hydrogens (primary N) is 1. The van der Waals surface area contributed by atoms with Crippen LogP contribution < -0.4 is 11.1 Å². The van der Waals surface area contributed by atoms with E-state index in [2.05, 4.69) is 25.9 Å². The molecule has 0 saturated carbocycles. The minimum Gasteiger partial charge on any atom is -0.370 e. The molecule has 0 saturated heterocycles. The first-order chi connectivity index (χ1) is 6.20. The highest BCUT2D eigenvalue weighted by Gasteiger charge is 2.09. The fourth-order valence-electron chi connectivity index (χ4n) is 0.636. The average molecular weight is 184 g/mol. The van der Waals surface area contributed by atoms with Crippen molar-refractivity contribution in [2.75, 3.05) is 6.54 Å². The first-order valence-corrected chi connectivity index (χ1v) is 3.50. The number of amides is 2. The van der Waals surface area contributed by atoms with Crippen molar-refractivity contribution >= 4 is 11.8 Å². The largest absolute Gasteiger partial charge is 0.370 e. The van der Waals surface area contributed by atoms with Crippen molar-refractivity contribution in [3.05, 3.63) is 5.82 Å². The zero-order valence-electron chi connectivity index (χ0n) is 6.65. The second-order valence-electron chi connectivity index (χ2n) is 2.21. The zero-order valence-corrected chi connectivity index (χ0v) is 6.65. The van der Waals surface area contributed by atoms with Crippen molar-refractivity contribution in [3.63, 3.8) is 0 Å². The SMILES string of the molecule is NC(=O)CCNC(=O)c1nn[nH]n1. The lowest BCUT2D eigenvalue weighted by Crippen LogP contribution is -2.28. The van der Waals surface area contributed by atoms with Crippen LogP contribution in [0.15, 0.2) is 0 Å². The molecule has 0 fully saturated rings. The van der Waals surface area contributed by atoms with E-state index in [0.717, 1.165) is 0 Å². The number of H-pyrrole nitrogens is 1. The predicted molar refractivity (Wildman–Crippen MR) is 40.3 cm³/mol. The summed E-state index contributed by atoms with van der Waals surface area (Å²) in [4.78, 5) is 21.3. The molecule has 13 heavy (non-hydrogen) atoms. The number of aromatic nitrogens is 4. The Morgan fingerprint density at radius 1 is 1.54 bits per heavy atom. The second-order valence-corrected chi connectivity index (χ2v) is 2.21. The van der Waals surface area contributed by atoms with E-state index in [1.54, 1.807) is 0 Å². The van der Waals surface area contributed by atoms with Crippen LogP contribution in [0.25, 0.3) is 0 Å². The molecule has 1 aromatic rings. The summed E-state index contributed by atoms with van der Waals surface area (Å²) in [5.74, 6) is -1.03. The van der Waals surface area contributed by atoms with Crippen molar-refractivity contribution in [2.45, 2.75) is 6.42 Å². The summed E-state index contributed by atoms with van der Waals surface area (Å²) in [6.45, 7) is 0.169. The molecule has 1 heterocycles. The molecular formula is C5H8N6O2. The molecule has 0 spiro atoms. The zero-order chi connectivity index (χ0) is 9.68. The van der Waals surface area contributed by atoms with E-state index in [1.165, 1.54) is 0 Å². The van der Waals surface area contributed by atoms with Gasteiger partial charge in [0.1, 0.15) is 0 Å². The van der Waals surface area contributed by atoms with Gasteiger partial charge in [0.15, 0.2) is 0 Å². The Bertz CT molecular complexity index is 294. The van der Waals surface area contributed by atoms with Crippen molar-refractivity contribution in [2.24, 2.45) is 5.73 Å². The molecule has 8 heteroatoms. The summed E-state index contributed by atoms with van der Waals surface area (Å²) in [7, 11) is 0. The maximum atomic E-state index is 11.0. The van der Waals surface area contributed by atoms with E-state index in [-0.39, 0.29) is 18.8 Å². The van der Waals surface area contributed by atoms with Crippen molar-refractivity contribution in [1.82, 2.24) is 25.9 Å². The molecule has 0 atom stereocenters. The smallest absolute Gasteiger partial charge is 0.292 e. The normalized spacial score (nSPS) is 9.54. The van der Waals surface area contributed by atoms with Gasteiger partial charge in [0.2, 0.25) is 5.91 Å². The van der Waals surface area contributed by atoms with Crippen LogP contribution in [0, 0.1) is 0 Å². The lowest BCUT2D eigenvalue weighted by molar-refractivity contribution is -0.117. The Hall–Kier alpha value is -1.99. The van der Waals surface area contributed by atoms with E-state index < -0.39 is 11.8 Å². The minimum atomic E-state index is -0.491. The van der Waals surface area contributed by atoms with Gasteiger partial charge in [0.25, 0.3) is 11.7 Å². The third-order valence-corrected chi connectivity index (χ3v) is 1.21. The molecule has 0 aliphatic carbocycles. The molecular weight excluding hydrogens is 176 g/mol. The Kier molecular flexibility index (Phi) is 2.90. The topological polar surface area (TPSA) is 127 Å². The molecule has 0 unspecified atom stereocenters. The first kappa shape index (κ1) is 9.10. The molecule has 4 N–H and O–H groups in total. The fraction of sp³-hybridized carbons (Fsp3) is 0.400. The van der Waals surface area contributed by atoms with Crippen molar-refractivity contribution < 1.29 is 9.59 Å². The van der Waals surface area contributed by atoms with E-state index in [0.29, 0.717) is 0 Å².